The van der Waals surface area contributed by atoms with Gasteiger partial charge in [0.2, 0.25) is 0 Å². The number of hydrogen-bond donors (Lipinski definition) is 2. The van der Waals surface area contributed by atoms with Crippen molar-refractivity contribution in [2.45, 2.75) is 10.1 Å². The Hall–Kier alpha value is -1.11. The number of halogens is 2. The van der Waals surface area contributed by atoms with E-state index in [0.29, 0.717) is 25.8 Å². The van der Waals surface area contributed by atoms with Crippen LogP contribution in [0, 0.1) is 0 Å². The second kappa shape index (κ2) is 4.64. The van der Waals surface area contributed by atoms with E-state index in [4.69, 9.17) is 28.9 Å². The summed E-state index contributed by atoms with van der Waals surface area (Å²) in [6.07, 6.45) is 0. The fraction of sp³-hybridized carbons (Fsp3) is 0.111. The fourth-order valence-corrected chi connectivity index (χ4v) is 2.73. The van der Waals surface area contributed by atoms with E-state index in [9.17, 15) is 4.79 Å². The topological polar surface area (TPSA) is 76.7 Å². The lowest BCUT2D eigenvalue weighted by molar-refractivity contribution is 0.766. The van der Waals surface area contributed by atoms with Crippen molar-refractivity contribution in [3.05, 3.63) is 32.7 Å². The summed E-state index contributed by atoms with van der Waals surface area (Å²) in [7, 11) is 1.60. The molecule has 8 heteroatoms. The van der Waals surface area contributed by atoms with E-state index >= 15 is 0 Å². The van der Waals surface area contributed by atoms with Crippen LogP contribution in [0.5, 0.6) is 0 Å². The van der Waals surface area contributed by atoms with Gasteiger partial charge in [-0.25, -0.2) is 9.89 Å². The van der Waals surface area contributed by atoms with Crippen molar-refractivity contribution in [3.63, 3.8) is 0 Å². The Morgan fingerprint density at radius 3 is 2.47 bits per heavy atom. The Labute approximate surface area is 111 Å². The van der Waals surface area contributed by atoms with Crippen LogP contribution in [-0.4, -0.2) is 14.8 Å². The Bertz CT molecular complexity index is 599. The van der Waals surface area contributed by atoms with Gasteiger partial charge in [0.25, 0.3) is 0 Å². The summed E-state index contributed by atoms with van der Waals surface area (Å²) in [6.45, 7) is 0. The standard InChI is InChI=1S/C9H8Cl2N4OS/c1-15-8(16)13-14-9(15)17-7-5(10)2-4(12)3-6(7)11/h2-3H,12H2,1H3,(H,13,16). The minimum Gasteiger partial charge on any atom is -0.399 e. The molecular formula is C9H8Cl2N4OS. The number of rotatable bonds is 2. The van der Waals surface area contributed by atoms with E-state index in [1.54, 1.807) is 19.2 Å². The zero-order valence-electron chi connectivity index (χ0n) is 8.70. The number of nitrogen functional groups attached to an aromatic ring is 1. The lowest BCUT2D eigenvalue weighted by Crippen LogP contribution is -2.12. The zero-order valence-corrected chi connectivity index (χ0v) is 11.0. The first-order valence-corrected chi connectivity index (χ1v) is 6.10. The zero-order chi connectivity index (χ0) is 12.6. The lowest BCUT2D eigenvalue weighted by Gasteiger charge is -2.06. The molecule has 0 aliphatic heterocycles. The van der Waals surface area contributed by atoms with Crippen LogP contribution in [-0.2, 0) is 7.05 Å². The summed E-state index contributed by atoms with van der Waals surface area (Å²) in [4.78, 5) is 11.8. The Morgan fingerprint density at radius 1 is 1.41 bits per heavy atom. The molecule has 0 aliphatic rings. The maximum atomic E-state index is 11.2. The molecule has 0 saturated carbocycles. The van der Waals surface area contributed by atoms with Crippen molar-refractivity contribution >= 4 is 40.7 Å². The van der Waals surface area contributed by atoms with Gasteiger partial charge in [0.15, 0.2) is 5.16 Å². The summed E-state index contributed by atoms with van der Waals surface area (Å²) in [5.74, 6) is 0. The van der Waals surface area contributed by atoms with Crippen LogP contribution in [0.15, 0.2) is 27.0 Å². The van der Waals surface area contributed by atoms with Crippen molar-refractivity contribution in [2.24, 2.45) is 7.05 Å². The smallest absolute Gasteiger partial charge is 0.343 e. The van der Waals surface area contributed by atoms with Gasteiger partial charge >= 0.3 is 5.69 Å². The van der Waals surface area contributed by atoms with Gasteiger partial charge in [-0.15, -0.1) is 5.10 Å². The minimum atomic E-state index is -0.296. The monoisotopic (exact) mass is 290 g/mol. The van der Waals surface area contributed by atoms with E-state index in [2.05, 4.69) is 10.2 Å². The fourth-order valence-electron chi connectivity index (χ4n) is 1.19. The van der Waals surface area contributed by atoms with Gasteiger partial charge < -0.3 is 5.73 Å². The highest BCUT2D eigenvalue weighted by atomic mass is 35.5. The second-order valence-electron chi connectivity index (χ2n) is 3.29. The average Bonchev–Trinajstić information content (AvgIpc) is 2.54. The number of anilines is 1. The molecule has 90 valence electrons. The molecule has 0 spiro atoms. The summed E-state index contributed by atoms with van der Waals surface area (Å²) in [5, 5.41) is 7.52. The Balaban J connectivity index is 2.43. The highest BCUT2D eigenvalue weighted by molar-refractivity contribution is 7.99. The minimum absolute atomic E-state index is 0.296. The number of benzene rings is 1. The van der Waals surface area contributed by atoms with Crippen LogP contribution in [0.1, 0.15) is 0 Å². The number of aromatic nitrogens is 3. The van der Waals surface area contributed by atoms with Gasteiger partial charge in [0.1, 0.15) is 0 Å². The van der Waals surface area contributed by atoms with E-state index in [-0.39, 0.29) is 5.69 Å². The van der Waals surface area contributed by atoms with E-state index in [1.807, 2.05) is 0 Å². The predicted octanol–water partition coefficient (Wildman–Crippen LogP) is 2.15. The van der Waals surface area contributed by atoms with E-state index < -0.39 is 0 Å². The first kappa shape index (κ1) is 12.3. The first-order chi connectivity index (χ1) is 7.99. The molecule has 0 unspecified atom stereocenters. The van der Waals surface area contributed by atoms with Crippen molar-refractivity contribution in [3.8, 4) is 0 Å². The molecule has 0 radical (unpaired) electrons. The highest BCUT2D eigenvalue weighted by Crippen LogP contribution is 2.38. The molecule has 3 N–H and O–H groups in total. The molecule has 0 saturated heterocycles. The number of nitrogens with one attached hydrogen (secondary N) is 1. The Morgan fingerprint density at radius 2 is 2.00 bits per heavy atom. The van der Waals surface area contributed by atoms with Gasteiger partial charge in [-0.2, -0.15) is 0 Å². The molecule has 2 rings (SSSR count). The van der Waals surface area contributed by atoms with Gasteiger partial charge in [-0.05, 0) is 23.9 Å². The summed E-state index contributed by atoms with van der Waals surface area (Å²) >= 11 is 13.3. The van der Waals surface area contributed by atoms with Crippen LogP contribution in [0.3, 0.4) is 0 Å². The first-order valence-electron chi connectivity index (χ1n) is 4.53. The van der Waals surface area contributed by atoms with E-state index in [1.165, 1.54) is 16.3 Å². The van der Waals surface area contributed by atoms with Crippen LogP contribution < -0.4 is 11.4 Å². The number of H-pyrrole nitrogens is 1. The summed E-state index contributed by atoms with van der Waals surface area (Å²) < 4.78 is 1.37. The molecular weight excluding hydrogens is 283 g/mol. The molecule has 0 fully saturated rings. The van der Waals surface area contributed by atoms with Gasteiger partial charge in [0.05, 0.1) is 14.9 Å². The molecule has 17 heavy (non-hydrogen) atoms. The van der Waals surface area contributed by atoms with Crippen molar-refractivity contribution < 1.29 is 0 Å². The third-order valence-corrected chi connectivity index (χ3v) is 4.06. The normalized spacial score (nSPS) is 10.8. The summed E-state index contributed by atoms with van der Waals surface area (Å²) in [5.41, 5.74) is 5.79. The molecule has 0 amide bonds. The Kier molecular flexibility index (Phi) is 3.37. The second-order valence-corrected chi connectivity index (χ2v) is 5.08. The molecule has 1 heterocycles. The van der Waals surface area contributed by atoms with Crippen LogP contribution in [0.4, 0.5) is 5.69 Å². The van der Waals surface area contributed by atoms with Crippen molar-refractivity contribution in [1.82, 2.24) is 14.8 Å². The summed E-state index contributed by atoms with van der Waals surface area (Å²) in [6, 6.07) is 3.20. The lowest BCUT2D eigenvalue weighted by atomic mass is 10.3. The van der Waals surface area contributed by atoms with Gasteiger partial charge in [-0.1, -0.05) is 23.2 Å². The van der Waals surface area contributed by atoms with Crippen LogP contribution in [0.2, 0.25) is 10.0 Å². The van der Waals surface area contributed by atoms with E-state index in [0.717, 1.165) is 0 Å². The molecule has 5 nitrogen and oxygen atoms in total. The molecule has 0 atom stereocenters. The quantitative estimate of drug-likeness (QED) is 0.831. The molecule has 0 aliphatic carbocycles. The SMILES string of the molecule is Cn1c(Sc2c(Cl)cc(N)cc2Cl)n[nH]c1=O. The molecule has 1 aromatic carbocycles. The highest BCUT2D eigenvalue weighted by Gasteiger charge is 2.13. The average molecular weight is 291 g/mol. The maximum Gasteiger partial charge on any atom is 0.343 e. The largest absolute Gasteiger partial charge is 0.399 e. The van der Waals surface area contributed by atoms with Crippen molar-refractivity contribution in [1.29, 1.82) is 0 Å². The molecule has 2 aromatic rings. The molecule has 0 bridgehead atoms. The van der Waals surface area contributed by atoms with Crippen LogP contribution >= 0.6 is 35.0 Å². The van der Waals surface area contributed by atoms with Gasteiger partial charge in [0, 0.05) is 12.7 Å². The number of nitrogens with two attached hydrogens (primary N) is 1. The van der Waals surface area contributed by atoms with Crippen LogP contribution in [0.25, 0.3) is 0 Å². The molecule has 1 aromatic heterocycles. The third kappa shape index (κ3) is 2.43. The van der Waals surface area contributed by atoms with Gasteiger partial charge in [-0.3, -0.25) is 4.57 Å². The van der Waals surface area contributed by atoms with Crippen molar-refractivity contribution in [2.75, 3.05) is 5.73 Å². The predicted molar refractivity (Wildman–Crippen MR) is 68.8 cm³/mol. The maximum absolute atomic E-state index is 11.2. The third-order valence-electron chi connectivity index (χ3n) is 2.05. The number of nitrogens with zero attached hydrogens (tertiary/aromatic N) is 2. The number of aromatic amines is 1. The number of hydrogen-bond acceptors (Lipinski definition) is 4.